The molecule has 1 saturated heterocycles. The van der Waals surface area contributed by atoms with E-state index in [1.165, 1.54) is 11.3 Å². The number of anilines is 1. The van der Waals surface area contributed by atoms with E-state index in [0.717, 1.165) is 43.4 Å². The predicted molar refractivity (Wildman–Crippen MR) is 70.1 cm³/mol. The van der Waals surface area contributed by atoms with Crippen LogP contribution in [0.25, 0.3) is 0 Å². The summed E-state index contributed by atoms with van der Waals surface area (Å²) in [5, 5.41) is 14.7. The standard InChI is InChI=1S/C12H18N2O3S/c15-11(16)2-1-10-8-18-12(14-10)13-5-3-9-4-6-17-7-9/h8-9H,1-7H2,(H,13,14)(H,15,16). The van der Waals surface area contributed by atoms with Gasteiger partial charge in [0.15, 0.2) is 5.13 Å². The number of aliphatic carboxylic acids is 1. The van der Waals surface area contributed by atoms with E-state index in [4.69, 9.17) is 9.84 Å². The van der Waals surface area contributed by atoms with Gasteiger partial charge in [0.25, 0.3) is 0 Å². The van der Waals surface area contributed by atoms with E-state index < -0.39 is 5.97 Å². The Kier molecular flexibility index (Phi) is 4.95. The van der Waals surface area contributed by atoms with E-state index in [0.29, 0.717) is 12.3 Å². The van der Waals surface area contributed by atoms with Crippen molar-refractivity contribution in [3.8, 4) is 0 Å². The molecule has 0 spiro atoms. The first-order chi connectivity index (χ1) is 8.74. The molecule has 1 aromatic heterocycles. The van der Waals surface area contributed by atoms with Crippen molar-refractivity contribution in [2.24, 2.45) is 5.92 Å². The highest BCUT2D eigenvalue weighted by atomic mass is 32.1. The lowest BCUT2D eigenvalue weighted by atomic mass is 10.1. The number of carboxylic acids is 1. The lowest BCUT2D eigenvalue weighted by Gasteiger charge is -2.07. The maximum Gasteiger partial charge on any atom is 0.303 e. The Morgan fingerprint density at radius 2 is 2.56 bits per heavy atom. The zero-order valence-electron chi connectivity index (χ0n) is 10.2. The number of nitrogens with zero attached hydrogens (tertiary/aromatic N) is 1. The number of carbonyl (C=O) groups is 1. The molecule has 1 unspecified atom stereocenters. The highest BCUT2D eigenvalue weighted by Crippen LogP contribution is 2.19. The molecule has 0 aromatic carbocycles. The van der Waals surface area contributed by atoms with Gasteiger partial charge >= 0.3 is 5.97 Å². The van der Waals surface area contributed by atoms with Crippen LogP contribution in [0.1, 0.15) is 25.0 Å². The third-order valence-electron chi connectivity index (χ3n) is 3.00. The average molecular weight is 270 g/mol. The second kappa shape index (κ2) is 6.70. The Morgan fingerprint density at radius 1 is 1.67 bits per heavy atom. The van der Waals surface area contributed by atoms with Crippen molar-refractivity contribution in [3.63, 3.8) is 0 Å². The van der Waals surface area contributed by atoms with E-state index in [1.54, 1.807) is 0 Å². The number of nitrogens with one attached hydrogen (secondary N) is 1. The van der Waals surface area contributed by atoms with Crippen LogP contribution in [0.2, 0.25) is 0 Å². The first-order valence-corrected chi connectivity index (χ1v) is 7.10. The Labute approximate surface area is 110 Å². The van der Waals surface area contributed by atoms with Crippen molar-refractivity contribution in [1.82, 2.24) is 4.98 Å². The van der Waals surface area contributed by atoms with Crippen molar-refractivity contribution in [2.45, 2.75) is 25.7 Å². The molecule has 2 rings (SSSR count). The molecule has 1 aliphatic rings. The number of rotatable bonds is 7. The van der Waals surface area contributed by atoms with Gasteiger partial charge in [-0.25, -0.2) is 4.98 Å². The molecule has 0 aliphatic carbocycles. The minimum absolute atomic E-state index is 0.141. The molecule has 0 radical (unpaired) electrons. The number of carboxylic acid groups (broad SMARTS) is 1. The van der Waals surface area contributed by atoms with Gasteiger partial charge in [-0.15, -0.1) is 11.3 Å². The molecule has 2 heterocycles. The van der Waals surface area contributed by atoms with Gasteiger partial charge in [-0.1, -0.05) is 0 Å². The van der Waals surface area contributed by atoms with E-state index in [2.05, 4.69) is 10.3 Å². The molecule has 0 saturated carbocycles. The number of hydrogen-bond acceptors (Lipinski definition) is 5. The van der Waals surface area contributed by atoms with Crippen LogP contribution in [-0.4, -0.2) is 35.8 Å². The Morgan fingerprint density at radius 3 is 3.28 bits per heavy atom. The van der Waals surface area contributed by atoms with Crippen LogP contribution in [0.15, 0.2) is 5.38 Å². The molecule has 18 heavy (non-hydrogen) atoms. The van der Waals surface area contributed by atoms with Crippen molar-refractivity contribution in [2.75, 3.05) is 25.1 Å². The summed E-state index contributed by atoms with van der Waals surface area (Å²) in [6.07, 6.45) is 2.90. The van der Waals surface area contributed by atoms with Gasteiger partial charge in [-0.05, 0) is 18.8 Å². The average Bonchev–Trinajstić information content (AvgIpc) is 2.97. The van der Waals surface area contributed by atoms with Crippen LogP contribution in [0.5, 0.6) is 0 Å². The van der Waals surface area contributed by atoms with Gasteiger partial charge in [0.05, 0.1) is 12.1 Å². The monoisotopic (exact) mass is 270 g/mol. The lowest BCUT2D eigenvalue weighted by molar-refractivity contribution is -0.136. The van der Waals surface area contributed by atoms with Gasteiger partial charge < -0.3 is 15.2 Å². The normalized spacial score (nSPS) is 19.0. The van der Waals surface area contributed by atoms with Gasteiger partial charge in [-0.3, -0.25) is 4.79 Å². The highest BCUT2D eigenvalue weighted by Gasteiger charge is 2.14. The zero-order chi connectivity index (χ0) is 12.8. The van der Waals surface area contributed by atoms with Gasteiger partial charge in [0.2, 0.25) is 0 Å². The molecule has 5 nitrogen and oxygen atoms in total. The lowest BCUT2D eigenvalue weighted by Crippen LogP contribution is -2.08. The first-order valence-electron chi connectivity index (χ1n) is 6.22. The summed E-state index contributed by atoms with van der Waals surface area (Å²) in [5.74, 6) is -0.109. The fourth-order valence-electron chi connectivity index (χ4n) is 1.93. The van der Waals surface area contributed by atoms with Crippen LogP contribution in [-0.2, 0) is 16.0 Å². The predicted octanol–water partition coefficient (Wildman–Crippen LogP) is 2.00. The zero-order valence-corrected chi connectivity index (χ0v) is 11.0. The quantitative estimate of drug-likeness (QED) is 0.793. The van der Waals surface area contributed by atoms with E-state index in [-0.39, 0.29) is 6.42 Å². The largest absolute Gasteiger partial charge is 0.481 e. The summed E-state index contributed by atoms with van der Waals surface area (Å²) >= 11 is 1.54. The first kappa shape index (κ1) is 13.3. The van der Waals surface area contributed by atoms with E-state index in [9.17, 15) is 4.79 Å². The summed E-state index contributed by atoms with van der Waals surface area (Å²) < 4.78 is 5.32. The smallest absolute Gasteiger partial charge is 0.303 e. The Bertz CT molecular complexity index is 388. The van der Waals surface area contributed by atoms with Crippen molar-refractivity contribution < 1.29 is 14.6 Å². The molecule has 100 valence electrons. The van der Waals surface area contributed by atoms with Crippen LogP contribution in [0.4, 0.5) is 5.13 Å². The van der Waals surface area contributed by atoms with Crippen molar-refractivity contribution in [1.29, 1.82) is 0 Å². The van der Waals surface area contributed by atoms with Gasteiger partial charge in [0, 0.05) is 31.6 Å². The SMILES string of the molecule is O=C(O)CCc1csc(NCCC2CCOC2)n1. The molecule has 6 heteroatoms. The maximum atomic E-state index is 10.4. The number of hydrogen-bond donors (Lipinski definition) is 2. The van der Waals surface area contributed by atoms with Crippen LogP contribution in [0.3, 0.4) is 0 Å². The number of aryl methyl sites for hydroxylation is 1. The number of thiazole rings is 1. The molecule has 1 aromatic rings. The highest BCUT2D eigenvalue weighted by molar-refractivity contribution is 7.13. The molecule has 1 fully saturated rings. The summed E-state index contributed by atoms with van der Waals surface area (Å²) in [6.45, 7) is 2.67. The third kappa shape index (κ3) is 4.27. The molecule has 1 atom stereocenters. The van der Waals surface area contributed by atoms with Crippen LogP contribution < -0.4 is 5.32 Å². The van der Waals surface area contributed by atoms with E-state index >= 15 is 0 Å². The van der Waals surface area contributed by atoms with Crippen LogP contribution >= 0.6 is 11.3 Å². The molecule has 1 aliphatic heterocycles. The van der Waals surface area contributed by atoms with Gasteiger partial charge in [0.1, 0.15) is 0 Å². The second-order valence-corrected chi connectivity index (χ2v) is 5.34. The molecular formula is C12H18N2O3S. The Balaban J connectivity index is 1.67. The number of aromatic nitrogens is 1. The summed E-state index contributed by atoms with van der Waals surface area (Å²) in [5.41, 5.74) is 0.856. The Hall–Kier alpha value is -1.14. The minimum atomic E-state index is -0.779. The third-order valence-corrected chi connectivity index (χ3v) is 3.85. The second-order valence-electron chi connectivity index (χ2n) is 4.48. The fraction of sp³-hybridized carbons (Fsp3) is 0.667. The summed E-state index contributed by atoms with van der Waals surface area (Å²) in [6, 6.07) is 0. The van der Waals surface area contributed by atoms with Crippen molar-refractivity contribution in [3.05, 3.63) is 11.1 Å². The molecule has 0 bridgehead atoms. The molecule has 0 amide bonds. The maximum absolute atomic E-state index is 10.4. The molecule has 2 N–H and O–H groups in total. The summed E-state index contributed by atoms with van der Waals surface area (Å²) in [4.78, 5) is 14.8. The van der Waals surface area contributed by atoms with Gasteiger partial charge in [-0.2, -0.15) is 0 Å². The summed E-state index contributed by atoms with van der Waals surface area (Å²) in [7, 11) is 0. The topological polar surface area (TPSA) is 71.5 Å². The molecular weight excluding hydrogens is 252 g/mol. The van der Waals surface area contributed by atoms with Crippen molar-refractivity contribution >= 4 is 22.4 Å². The number of ether oxygens (including phenoxy) is 1. The fourth-order valence-corrected chi connectivity index (χ4v) is 2.71. The van der Waals surface area contributed by atoms with Crippen LogP contribution in [0, 0.1) is 5.92 Å². The minimum Gasteiger partial charge on any atom is -0.481 e. The van der Waals surface area contributed by atoms with E-state index in [1.807, 2.05) is 5.38 Å².